The average molecular weight is 544 g/mol. The van der Waals surface area contributed by atoms with Crippen LogP contribution < -0.4 is 25.7 Å². The molecule has 2 aromatic carbocycles. The summed E-state index contributed by atoms with van der Waals surface area (Å²) in [6.07, 6.45) is 1.01. The Kier molecular flexibility index (Phi) is 9.61. The minimum atomic E-state index is -1.16. The second-order valence-electron chi connectivity index (χ2n) is 8.41. The van der Waals surface area contributed by atoms with Crippen molar-refractivity contribution in [2.24, 2.45) is 0 Å². The Hall–Kier alpha value is -4.18. The number of nitrogens with one attached hydrogen (secondary N) is 2. The average Bonchev–Trinajstić information content (AvgIpc) is 2.86. The van der Waals surface area contributed by atoms with Crippen LogP contribution in [0.5, 0.6) is 17.2 Å². The number of hydrogen-bond acceptors (Lipinski definition) is 6. The van der Waals surface area contributed by atoms with Gasteiger partial charge in [-0.1, -0.05) is 29.8 Å². The highest BCUT2D eigenvalue weighted by Crippen LogP contribution is 2.29. The maximum absolute atomic E-state index is 13.2. The number of aromatic nitrogens is 1. The molecule has 1 aromatic heterocycles. The van der Waals surface area contributed by atoms with Gasteiger partial charge in [0.15, 0.2) is 5.69 Å². The molecule has 10 nitrogen and oxygen atoms in total. The molecule has 0 unspecified atom stereocenters. The van der Waals surface area contributed by atoms with Crippen LogP contribution in [0, 0.1) is 6.92 Å². The maximum Gasteiger partial charge on any atom is 0.319 e. The Morgan fingerprint density at radius 1 is 1.08 bits per heavy atom. The van der Waals surface area contributed by atoms with Crippen molar-refractivity contribution in [3.05, 3.63) is 80.7 Å². The SMILES string of the molecule is CCOc1cc(OCC)cc([C@H](CC(=O)O)NC(=O)Nc2c(O)c(C)cn(Cc3ccccc3Cl)c2=O)c1. The summed E-state index contributed by atoms with van der Waals surface area (Å²) < 4.78 is 12.4. The van der Waals surface area contributed by atoms with Crippen LogP contribution in [0.1, 0.15) is 43.0 Å². The molecule has 3 rings (SSSR count). The molecule has 1 atom stereocenters. The van der Waals surface area contributed by atoms with Gasteiger partial charge in [-0.05, 0) is 50.1 Å². The van der Waals surface area contributed by atoms with E-state index in [1.165, 1.54) is 10.8 Å². The minimum absolute atomic E-state index is 0.113. The summed E-state index contributed by atoms with van der Waals surface area (Å²) in [6, 6.07) is 10.0. The van der Waals surface area contributed by atoms with E-state index in [2.05, 4.69) is 10.6 Å². The summed E-state index contributed by atoms with van der Waals surface area (Å²) in [5.74, 6) is -0.655. The topological polar surface area (TPSA) is 139 Å². The van der Waals surface area contributed by atoms with Gasteiger partial charge >= 0.3 is 12.0 Å². The molecule has 0 aliphatic carbocycles. The minimum Gasteiger partial charge on any atom is -0.505 e. The number of ether oxygens (including phenoxy) is 2. The van der Waals surface area contributed by atoms with E-state index in [4.69, 9.17) is 21.1 Å². The molecule has 0 aliphatic rings. The van der Waals surface area contributed by atoms with Crippen molar-refractivity contribution < 1.29 is 29.3 Å². The van der Waals surface area contributed by atoms with Crippen LogP contribution in [0.15, 0.2) is 53.5 Å². The molecule has 1 heterocycles. The predicted octanol–water partition coefficient (Wildman–Crippen LogP) is 4.70. The number of halogens is 1. The molecule has 2 amide bonds. The number of benzene rings is 2. The molecule has 0 radical (unpaired) electrons. The summed E-state index contributed by atoms with van der Waals surface area (Å²) in [5.41, 5.74) is 0.454. The lowest BCUT2D eigenvalue weighted by Crippen LogP contribution is -2.36. The summed E-state index contributed by atoms with van der Waals surface area (Å²) in [7, 11) is 0. The first kappa shape index (κ1) is 28.4. The molecule has 4 N–H and O–H groups in total. The Morgan fingerprint density at radius 3 is 2.29 bits per heavy atom. The van der Waals surface area contributed by atoms with E-state index in [-0.39, 0.29) is 12.2 Å². The lowest BCUT2D eigenvalue weighted by Gasteiger charge is -2.20. The lowest BCUT2D eigenvalue weighted by molar-refractivity contribution is -0.137. The van der Waals surface area contributed by atoms with Gasteiger partial charge in [-0.2, -0.15) is 0 Å². The number of hydrogen-bond donors (Lipinski definition) is 4. The first-order chi connectivity index (χ1) is 18.1. The van der Waals surface area contributed by atoms with Gasteiger partial charge < -0.3 is 34.9 Å². The number of carboxylic acid groups (broad SMARTS) is 1. The third-order valence-corrected chi connectivity index (χ3v) is 5.95. The first-order valence-corrected chi connectivity index (χ1v) is 12.4. The molecule has 0 fully saturated rings. The van der Waals surface area contributed by atoms with Crippen molar-refractivity contribution in [1.82, 2.24) is 9.88 Å². The molecule has 0 aliphatic heterocycles. The number of rotatable bonds is 11. The highest BCUT2D eigenvalue weighted by molar-refractivity contribution is 6.31. The van der Waals surface area contributed by atoms with Gasteiger partial charge in [0.25, 0.3) is 5.56 Å². The van der Waals surface area contributed by atoms with Gasteiger partial charge in [-0.25, -0.2) is 4.79 Å². The predicted molar refractivity (Wildman–Crippen MR) is 144 cm³/mol. The number of carbonyl (C=O) groups excluding carboxylic acids is 1. The summed E-state index contributed by atoms with van der Waals surface area (Å²) in [6.45, 7) is 6.06. The van der Waals surface area contributed by atoms with Crippen molar-refractivity contribution in [3.8, 4) is 17.2 Å². The number of aromatic hydroxyl groups is 1. The van der Waals surface area contributed by atoms with E-state index in [1.807, 2.05) is 0 Å². The van der Waals surface area contributed by atoms with Crippen molar-refractivity contribution >= 4 is 29.3 Å². The fraction of sp³-hybridized carbons (Fsp3) is 0.296. The molecule has 0 spiro atoms. The smallest absolute Gasteiger partial charge is 0.319 e. The van der Waals surface area contributed by atoms with E-state index in [0.29, 0.717) is 46.4 Å². The summed E-state index contributed by atoms with van der Waals surface area (Å²) >= 11 is 6.23. The third kappa shape index (κ3) is 7.19. The van der Waals surface area contributed by atoms with Gasteiger partial charge in [-0.3, -0.25) is 9.59 Å². The Morgan fingerprint density at radius 2 is 1.71 bits per heavy atom. The van der Waals surface area contributed by atoms with Crippen LogP contribution in [0.2, 0.25) is 5.02 Å². The van der Waals surface area contributed by atoms with Crippen molar-refractivity contribution in [3.63, 3.8) is 0 Å². The molecule has 0 saturated carbocycles. The van der Waals surface area contributed by atoms with Crippen molar-refractivity contribution in [1.29, 1.82) is 0 Å². The third-order valence-electron chi connectivity index (χ3n) is 5.58. The zero-order valence-electron chi connectivity index (χ0n) is 21.3. The summed E-state index contributed by atoms with van der Waals surface area (Å²) in [5, 5.41) is 25.5. The number of urea groups is 1. The fourth-order valence-electron chi connectivity index (χ4n) is 3.87. The standard InChI is InChI=1S/C27H30ClN3O7/c1-4-37-19-10-18(11-20(12-19)38-5-2)22(13-23(32)33)29-27(36)30-24-25(34)16(3)14-31(26(24)35)15-17-8-6-7-9-21(17)28/h6-12,14,22,34H,4-5,13,15H2,1-3H3,(H,32,33)(H2,29,30,36)/t22-/m0/s1. The molecule has 3 aromatic rings. The van der Waals surface area contributed by atoms with Crippen LogP contribution >= 0.6 is 11.6 Å². The zero-order chi connectivity index (χ0) is 27.8. The number of carboxylic acids is 1. The number of aliphatic carboxylic acids is 1. The highest BCUT2D eigenvalue weighted by Gasteiger charge is 2.22. The first-order valence-electron chi connectivity index (χ1n) is 12.0. The molecular formula is C27H30ClN3O7. The van der Waals surface area contributed by atoms with E-state index in [0.717, 1.165) is 0 Å². The van der Waals surface area contributed by atoms with Gasteiger partial charge in [0.05, 0.1) is 32.2 Å². The molecule has 202 valence electrons. The van der Waals surface area contributed by atoms with E-state index in [1.54, 1.807) is 63.2 Å². The molecule has 0 saturated heterocycles. The second-order valence-corrected chi connectivity index (χ2v) is 8.82. The molecule has 0 bridgehead atoms. The zero-order valence-corrected chi connectivity index (χ0v) is 22.0. The van der Waals surface area contributed by atoms with Crippen LogP contribution in [0.3, 0.4) is 0 Å². The van der Waals surface area contributed by atoms with Gasteiger partial charge in [0.1, 0.15) is 17.2 Å². The van der Waals surface area contributed by atoms with Crippen molar-refractivity contribution in [2.45, 2.75) is 39.8 Å². The normalized spacial score (nSPS) is 11.5. The van der Waals surface area contributed by atoms with Gasteiger partial charge in [0, 0.05) is 22.8 Å². The molecular weight excluding hydrogens is 514 g/mol. The Labute approximate surface area is 224 Å². The van der Waals surface area contributed by atoms with Crippen LogP contribution in [0.4, 0.5) is 10.5 Å². The monoisotopic (exact) mass is 543 g/mol. The Balaban J connectivity index is 1.91. The number of pyridine rings is 1. The highest BCUT2D eigenvalue weighted by atomic mass is 35.5. The molecule has 11 heteroatoms. The number of aryl methyl sites for hydroxylation is 1. The van der Waals surface area contributed by atoms with Gasteiger partial charge in [0.2, 0.25) is 0 Å². The van der Waals surface area contributed by atoms with E-state index < -0.39 is 35.8 Å². The fourth-order valence-corrected chi connectivity index (χ4v) is 4.06. The Bertz CT molecular complexity index is 1350. The number of carbonyl (C=O) groups is 2. The quantitative estimate of drug-likeness (QED) is 0.275. The largest absolute Gasteiger partial charge is 0.505 e. The van der Waals surface area contributed by atoms with Crippen LogP contribution in [-0.2, 0) is 11.3 Å². The van der Waals surface area contributed by atoms with E-state index in [9.17, 15) is 24.6 Å². The van der Waals surface area contributed by atoms with E-state index >= 15 is 0 Å². The maximum atomic E-state index is 13.2. The van der Waals surface area contributed by atoms with Crippen LogP contribution in [0.25, 0.3) is 0 Å². The number of anilines is 1. The summed E-state index contributed by atoms with van der Waals surface area (Å²) in [4.78, 5) is 37.7. The number of amides is 2. The van der Waals surface area contributed by atoms with Crippen LogP contribution in [-0.4, -0.2) is 40.0 Å². The van der Waals surface area contributed by atoms with Crippen molar-refractivity contribution in [2.75, 3.05) is 18.5 Å². The molecule has 38 heavy (non-hydrogen) atoms. The number of nitrogens with zero attached hydrogens (tertiary/aromatic N) is 1. The lowest BCUT2D eigenvalue weighted by atomic mass is 10.0. The second kappa shape index (κ2) is 12.9. The van der Waals surface area contributed by atoms with Gasteiger partial charge in [-0.15, -0.1) is 0 Å².